The minimum Gasteiger partial charge on any atom is -0.345 e. The maximum atomic E-state index is 11.8. The highest BCUT2D eigenvalue weighted by Crippen LogP contribution is 2.02. The van der Waals surface area contributed by atoms with Crippen molar-refractivity contribution in [3.8, 4) is 0 Å². The van der Waals surface area contributed by atoms with E-state index in [1.807, 2.05) is 0 Å². The average Bonchev–Trinajstić information content (AvgIpc) is 2.82. The molecule has 0 atom stereocenters. The van der Waals surface area contributed by atoms with E-state index in [-0.39, 0.29) is 12.5 Å². The zero-order valence-corrected chi connectivity index (χ0v) is 9.88. The van der Waals surface area contributed by atoms with Crippen molar-refractivity contribution in [2.24, 2.45) is 5.73 Å². The maximum Gasteiger partial charge on any atom is 0.251 e. The highest BCUT2D eigenvalue weighted by atomic mass is 16.5. The van der Waals surface area contributed by atoms with Crippen molar-refractivity contribution in [2.75, 3.05) is 0 Å². The predicted molar refractivity (Wildman–Crippen MR) is 62.3 cm³/mol. The van der Waals surface area contributed by atoms with Crippen LogP contribution in [0.25, 0.3) is 0 Å². The van der Waals surface area contributed by atoms with Gasteiger partial charge in [0.2, 0.25) is 5.89 Å². The van der Waals surface area contributed by atoms with Gasteiger partial charge in [-0.1, -0.05) is 5.16 Å². The van der Waals surface area contributed by atoms with Crippen molar-refractivity contribution >= 4 is 5.91 Å². The summed E-state index contributed by atoms with van der Waals surface area (Å²) >= 11 is 0. The molecule has 0 saturated carbocycles. The molecule has 18 heavy (non-hydrogen) atoms. The molecule has 0 aliphatic carbocycles. The molecule has 2 heterocycles. The van der Waals surface area contributed by atoms with E-state index in [9.17, 15) is 4.79 Å². The molecule has 1 amide bonds. The third kappa shape index (κ3) is 2.89. The summed E-state index contributed by atoms with van der Waals surface area (Å²) in [5, 5.41) is 6.37. The van der Waals surface area contributed by atoms with Gasteiger partial charge in [0.05, 0.1) is 12.2 Å². The highest BCUT2D eigenvalue weighted by molar-refractivity contribution is 5.94. The number of nitrogens with one attached hydrogen (secondary N) is 1. The summed E-state index contributed by atoms with van der Waals surface area (Å²) in [7, 11) is 0. The Morgan fingerprint density at radius 3 is 3.06 bits per heavy atom. The first-order valence-electron chi connectivity index (χ1n) is 5.41. The number of nitrogens with two attached hydrogens (primary N) is 1. The lowest BCUT2D eigenvalue weighted by molar-refractivity contribution is 0.0949. The van der Waals surface area contributed by atoms with Gasteiger partial charge in [0, 0.05) is 25.2 Å². The first kappa shape index (κ1) is 12.2. The number of carbonyl (C=O) groups is 1. The molecule has 7 heteroatoms. The summed E-state index contributed by atoms with van der Waals surface area (Å²) in [5.41, 5.74) is 6.63. The molecule has 0 aromatic carbocycles. The van der Waals surface area contributed by atoms with Crippen LogP contribution >= 0.6 is 0 Å². The molecule has 0 bridgehead atoms. The molecular formula is C11H13N5O2. The summed E-state index contributed by atoms with van der Waals surface area (Å²) in [4.78, 5) is 19.8. The first-order valence-corrected chi connectivity index (χ1v) is 5.41. The van der Waals surface area contributed by atoms with E-state index >= 15 is 0 Å². The SMILES string of the molecule is Cc1nc(CNC(=O)c2ccnc(CN)c2)no1. The minimum atomic E-state index is -0.227. The van der Waals surface area contributed by atoms with E-state index < -0.39 is 0 Å². The molecule has 0 radical (unpaired) electrons. The van der Waals surface area contributed by atoms with Crippen LogP contribution < -0.4 is 11.1 Å². The third-order valence-electron chi connectivity index (χ3n) is 2.26. The Balaban J connectivity index is 1.99. The largest absolute Gasteiger partial charge is 0.345 e. The van der Waals surface area contributed by atoms with Crippen LogP contribution in [-0.4, -0.2) is 21.0 Å². The Kier molecular flexibility index (Phi) is 3.63. The number of aryl methyl sites for hydroxylation is 1. The van der Waals surface area contributed by atoms with Crippen molar-refractivity contribution in [2.45, 2.75) is 20.0 Å². The van der Waals surface area contributed by atoms with E-state index in [0.29, 0.717) is 29.5 Å². The topological polar surface area (TPSA) is 107 Å². The summed E-state index contributed by atoms with van der Waals surface area (Å²) in [5.74, 6) is 0.678. The van der Waals surface area contributed by atoms with Crippen LogP contribution in [0, 0.1) is 6.92 Å². The number of nitrogens with zero attached hydrogens (tertiary/aromatic N) is 3. The van der Waals surface area contributed by atoms with Crippen molar-refractivity contribution in [3.05, 3.63) is 41.3 Å². The fourth-order valence-corrected chi connectivity index (χ4v) is 1.41. The second-order valence-corrected chi connectivity index (χ2v) is 3.65. The lowest BCUT2D eigenvalue weighted by atomic mass is 10.2. The Labute approximate surface area is 103 Å². The lowest BCUT2D eigenvalue weighted by Gasteiger charge is -2.03. The number of hydrogen-bond acceptors (Lipinski definition) is 6. The van der Waals surface area contributed by atoms with Crippen LogP contribution in [0.1, 0.15) is 27.8 Å². The van der Waals surface area contributed by atoms with Gasteiger partial charge in [-0.25, -0.2) is 0 Å². The van der Waals surface area contributed by atoms with Crippen molar-refractivity contribution < 1.29 is 9.32 Å². The zero-order chi connectivity index (χ0) is 13.0. The second-order valence-electron chi connectivity index (χ2n) is 3.65. The predicted octanol–water partition coefficient (Wildman–Crippen LogP) is 0.162. The molecule has 7 nitrogen and oxygen atoms in total. The van der Waals surface area contributed by atoms with E-state index in [1.165, 1.54) is 0 Å². The third-order valence-corrected chi connectivity index (χ3v) is 2.26. The Bertz CT molecular complexity index is 552. The normalized spacial score (nSPS) is 10.3. The summed E-state index contributed by atoms with van der Waals surface area (Å²) < 4.78 is 4.80. The van der Waals surface area contributed by atoms with Gasteiger partial charge < -0.3 is 15.6 Å². The van der Waals surface area contributed by atoms with Crippen molar-refractivity contribution in [3.63, 3.8) is 0 Å². The number of carbonyl (C=O) groups excluding carboxylic acids is 1. The van der Waals surface area contributed by atoms with Gasteiger partial charge in [0.25, 0.3) is 5.91 Å². The van der Waals surface area contributed by atoms with Gasteiger partial charge in [0.1, 0.15) is 0 Å². The van der Waals surface area contributed by atoms with Crippen LogP contribution in [0.4, 0.5) is 0 Å². The summed E-state index contributed by atoms with van der Waals surface area (Å²) in [6, 6.07) is 3.27. The molecule has 0 aliphatic heterocycles. The highest BCUT2D eigenvalue weighted by Gasteiger charge is 2.08. The second kappa shape index (κ2) is 5.37. The van der Waals surface area contributed by atoms with Gasteiger partial charge in [0.15, 0.2) is 5.82 Å². The van der Waals surface area contributed by atoms with Crippen LogP contribution in [0.15, 0.2) is 22.9 Å². The monoisotopic (exact) mass is 247 g/mol. The number of hydrogen-bond donors (Lipinski definition) is 2. The van der Waals surface area contributed by atoms with Gasteiger partial charge >= 0.3 is 0 Å². The molecule has 0 unspecified atom stereocenters. The Morgan fingerprint density at radius 1 is 1.56 bits per heavy atom. The molecule has 2 rings (SSSR count). The number of pyridine rings is 1. The standard InChI is InChI=1S/C11H13N5O2/c1-7-15-10(16-18-7)6-14-11(17)8-2-3-13-9(4-8)5-12/h2-4H,5-6,12H2,1H3,(H,14,17). The summed E-state index contributed by atoms with van der Waals surface area (Å²) in [6.07, 6.45) is 1.55. The van der Waals surface area contributed by atoms with Gasteiger partial charge in [-0.15, -0.1) is 0 Å². The smallest absolute Gasteiger partial charge is 0.251 e. The molecular weight excluding hydrogens is 234 g/mol. The maximum absolute atomic E-state index is 11.8. The molecule has 3 N–H and O–H groups in total. The minimum absolute atomic E-state index is 0.219. The van der Waals surface area contributed by atoms with E-state index in [0.717, 1.165) is 0 Å². The lowest BCUT2D eigenvalue weighted by Crippen LogP contribution is -2.23. The van der Waals surface area contributed by atoms with Crippen molar-refractivity contribution in [1.29, 1.82) is 0 Å². The van der Waals surface area contributed by atoms with E-state index in [2.05, 4.69) is 20.4 Å². The number of amides is 1. The molecule has 0 aliphatic rings. The van der Waals surface area contributed by atoms with Crippen LogP contribution in [0.3, 0.4) is 0 Å². The first-order chi connectivity index (χ1) is 8.69. The number of aromatic nitrogens is 3. The Morgan fingerprint density at radius 2 is 2.39 bits per heavy atom. The summed E-state index contributed by atoms with van der Waals surface area (Å²) in [6.45, 7) is 2.20. The van der Waals surface area contributed by atoms with Crippen LogP contribution in [0.5, 0.6) is 0 Å². The average molecular weight is 247 g/mol. The quantitative estimate of drug-likeness (QED) is 0.797. The molecule has 94 valence electrons. The molecule has 2 aromatic rings. The number of rotatable bonds is 4. The zero-order valence-electron chi connectivity index (χ0n) is 9.88. The fraction of sp³-hybridized carbons (Fsp3) is 0.273. The van der Waals surface area contributed by atoms with Gasteiger partial charge in [-0.05, 0) is 12.1 Å². The van der Waals surface area contributed by atoms with E-state index in [1.54, 1.807) is 25.3 Å². The van der Waals surface area contributed by atoms with E-state index in [4.69, 9.17) is 10.3 Å². The Hall–Kier alpha value is -2.28. The van der Waals surface area contributed by atoms with Crippen LogP contribution in [-0.2, 0) is 13.1 Å². The molecule has 0 spiro atoms. The van der Waals surface area contributed by atoms with Gasteiger partial charge in [-0.2, -0.15) is 4.98 Å². The van der Waals surface area contributed by atoms with Crippen molar-refractivity contribution in [1.82, 2.24) is 20.4 Å². The molecule has 0 saturated heterocycles. The van der Waals surface area contributed by atoms with Crippen LogP contribution in [0.2, 0.25) is 0 Å². The molecule has 2 aromatic heterocycles. The van der Waals surface area contributed by atoms with Gasteiger partial charge in [-0.3, -0.25) is 9.78 Å². The fourth-order valence-electron chi connectivity index (χ4n) is 1.41. The molecule has 0 fully saturated rings.